The van der Waals surface area contributed by atoms with E-state index in [4.69, 9.17) is 25.8 Å². The highest BCUT2D eigenvalue weighted by molar-refractivity contribution is 6.17. The average molecular weight is 288 g/mol. The number of hydrogen-bond acceptors (Lipinski definition) is 4. The lowest BCUT2D eigenvalue weighted by atomic mass is 10.2. The van der Waals surface area contributed by atoms with Crippen LogP contribution in [-0.4, -0.2) is 45.8 Å². The monoisotopic (exact) mass is 287 g/mol. The fourth-order valence-corrected chi connectivity index (χ4v) is 1.58. The van der Waals surface area contributed by atoms with Crippen molar-refractivity contribution in [3.05, 3.63) is 23.8 Å². The van der Waals surface area contributed by atoms with Gasteiger partial charge in [-0.1, -0.05) is 0 Å². The van der Waals surface area contributed by atoms with Gasteiger partial charge in [0, 0.05) is 18.0 Å². The van der Waals surface area contributed by atoms with Crippen molar-refractivity contribution in [1.82, 2.24) is 5.32 Å². The summed E-state index contributed by atoms with van der Waals surface area (Å²) >= 11 is 5.46. The Morgan fingerprint density at radius 3 is 2.58 bits per heavy atom. The molecule has 0 heterocycles. The molecule has 0 radical (unpaired) electrons. The number of amides is 1. The number of nitrogens with one attached hydrogen (secondary N) is 1. The highest BCUT2D eigenvalue weighted by Crippen LogP contribution is 2.27. The predicted molar refractivity (Wildman–Crippen MR) is 73.4 cm³/mol. The van der Waals surface area contributed by atoms with Gasteiger partial charge in [-0.2, -0.15) is 0 Å². The van der Waals surface area contributed by atoms with Crippen molar-refractivity contribution >= 4 is 17.5 Å². The lowest BCUT2D eigenvalue weighted by Gasteiger charge is -2.10. The van der Waals surface area contributed by atoms with Crippen LogP contribution < -0.4 is 14.8 Å². The van der Waals surface area contributed by atoms with Crippen LogP contribution in [0.15, 0.2) is 18.2 Å². The summed E-state index contributed by atoms with van der Waals surface area (Å²) in [4.78, 5) is 11.9. The number of carbonyl (C=O) groups is 1. The molecule has 0 unspecified atom stereocenters. The van der Waals surface area contributed by atoms with E-state index in [0.29, 0.717) is 42.7 Å². The van der Waals surface area contributed by atoms with Gasteiger partial charge in [-0.15, -0.1) is 11.6 Å². The van der Waals surface area contributed by atoms with E-state index in [1.54, 1.807) is 25.3 Å². The van der Waals surface area contributed by atoms with Crippen molar-refractivity contribution in [2.45, 2.75) is 0 Å². The van der Waals surface area contributed by atoms with Crippen LogP contribution in [0.1, 0.15) is 10.4 Å². The molecule has 0 bridgehead atoms. The van der Waals surface area contributed by atoms with E-state index < -0.39 is 0 Å². The van der Waals surface area contributed by atoms with Gasteiger partial charge in [-0.05, 0) is 18.2 Å². The molecular formula is C13H18ClNO4. The quantitative estimate of drug-likeness (QED) is 0.584. The van der Waals surface area contributed by atoms with Crippen molar-refractivity contribution < 1.29 is 19.0 Å². The SMILES string of the molecule is COc1ccc(C(=O)NCCOCCCl)cc1OC. The molecule has 6 heteroatoms. The Labute approximate surface area is 117 Å². The number of alkyl halides is 1. The minimum Gasteiger partial charge on any atom is -0.493 e. The van der Waals surface area contributed by atoms with Gasteiger partial charge < -0.3 is 19.5 Å². The molecule has 0 aromatic heterocycles. The fraction of sp³-hybridized carbons (Fsp3) is 0.462. The second-order valence-corrected chi connectivity index (χ2v) is 4.00. The summed E-state index contributed by atoms with van der Waals surface area (Å²) in [5.41, 5.74) is 0.509. The maximum absolute atomic E-state index is 11.9. The standard InChI is InChI=1S/C13H18ClNO4/c1-17-11-4-3-10(9-12(11)18-2)13(16)15-6-8-19-7-5-14/h3-4,9H,5-8H2,1-2H3,(H,15,16). The molecule has 1 aromatic rings. The molecule has 1 N–H and O–H groups in total. The van der Waals surface area contributed by atoms with E-state index in [1.807, 2.05) is 0 Å². The Morgan fingerprint density at radius 1 is 1.21 bits per heavy atom. The summed E-state index contributed by atoms with van der Waals surface area (Å²) in [6.45, 7) is 1.35. The predicted octanol–water partition coefficient (Wildman–Crippen LogP) is 1.69. The molecule has 0 aliphatic heterocycles. The lowest BCUT2D eigenvalue weighted by Crippen LogP contribution is -2.27. The Hall–Kier alpha value is -1.46. The first-order chi connectivity index (χ1) is 9.22. The first-order valence-electron chi connectivity index (χ1n) is 5.87. The lowest BCUT2D eigenvalue weighted by molar-refractivity contribution is 0.0923. The Kier molecular flexibility index (Phi) is 7.07. The Balaban J connectivity index is 2.52. The number of halogens is 1. The molecule has 0 aliphatic carbocycles. The van der Waals surface area contributed by atoms with E-state index in [1.165, 1.54) is 7.11 Å². The van der Waals surface area contributed by atoms with Crippen molar-refractivity contribution in [3.8, 4) is 11.5 Å². The average Bonchev–Trinajstić information content (AvgIpc) is 2.46. The van der Waals surface area contributed by atoms with E-state index >= 15 is 0 Å². The van der Waals surface area contributed by atoms with Gasteiger partial charge in [0.15, 0.2) is 11.5 Å². The largest absolute Gasteiger partial charge is 0.493 e. The van der Waals surface area contributed by atoms with Crippen LogP contribution in [0.3, 0.4) is 0 Å². The highest BCUT2D eigenvalue weighted by atomic mass is 35.5. The molecular weight excluding hydrogens is 270 g/mol. The number of ether oxygens (including phenoxy) is 3. The minimum absolute atomic E-state index is 0.185. The second-order valence-electron chi connectivity index (χ2n) is 3.63. The van der Waals surface area contributed by atoms with Crippen LogP contribution in [0.2, 0.25) is 0 Å². The van der Waals surface area contributed by atoms with E-state index in [0.717, 1.165) is 0 Å². The normalized spacial score (nSPS) is 10.1. The van der Waals surface area contributed by atoms with Crippen LogP contribution >= 0.6 is 11.6 Å². The summed E-state index contributed by atoms with van der Waals surface area (Å²) in [5, 5.41) is 2.74. The number of carbonyl (C=O) groups excluding carboxylic acids is 1. The van der Waals surface area contributed by atoms with Crippen LogP contribution in [-0.2, 0) is 4.74 Å². The summed E-state index contributed by atoms with van der Waals surface area (Å²) in [6.07, 6.45) is 0. The fourth-order valence-electron chi connectivity index (χ4n) is 1.47. The van der Waals surface area contributed by atoms with E-state index in [2.05, 4.69) is 5.32 Å². The van der Waals surface area contributed by atoms with Crippen molar-refractivity contribution in [2.75, 3.05) is 39.9 Å². The molecule has 0 saturated carbocycles. The Morgan fingerprint density at radius 2 is 1.95 bits per heavy atom. The van der Waals surface area contributed by atoms with Gasteiger partial charge in [0.05, 0.1) is 27.4 Å². The zero-order valence-corrected chi connectivity index (χ0v) is 11.8. The van der Waals surface area contributed by atoms with E-state index in [-0.39, 0.29) is 5.91 Å². The van der Waals surface area contributed by atoms with Gasteiger partial charge in [-0.3, -0.25) is 4.79 Å². The maximum atomic E-state index is 11.9. The zero-order valence-electron chi connectivity index (χ0n) is 11.1. The molecule has 0 fully saturated rings. The molecule has 1 aromatic carbocycles. The third-order valence-corrected chi connectivity index (χ3v) is 2.55. The second kappa shape index (κ2) is 8.61. The van der Waals surface area contributed by atoms with Crippen molar-refractivity contribution in [2.24, 2.45) is 0 Å². The van der Waals surface area contributed by atoms with Crippen LogP contribution in [0.4, 0.5) is 0 Å². The molecule has 5 nitrogen and oxygen atoms in total. The first-order valence-corrected chi connectivity index (χ1v) is 6.40. The third-order valence-electron chi connectivity index (χ3n) is 2.40. The number of hydrogen-bond donors (Lipinski definition) is 1. The summed E-state index contributed by atoms with van der Waals surface area (Å²) in [6, 6.07) is 5.00. The molecule has 0 saturated heterocycles. The van der Waals surface area contributed by atoms with Gasteiger partial charge >= 0.3 is 0 Å². The number of benzene rings is 1. The zero-order chi connectivity index (χ0) is 14.1. The van der Waals surface area contributed by atoms with Crippen molar-refractivity contribution in [1.29, 1.82) is 0 Å². The van der Waals surface area contributed by atoms with Gasteiger partial charge in [0.2, 0.25) is 0 Å². The summed E-state index contributed by atoms with van der Waals surface area (Å²) in [5.74, 6) is 1.37. The molecule has 0 atom stereocenters. The topological polar surface area (TPSA) is 56.8 Å². The van der Waals surface area contributed by atoms with Crippen molar-refractivity contribution in [3.63, 3.8) is 0 Å². The number of rotatable bonds is 8. The highest BCUT2D eigenvalue weighted by Gasteiger charge is 2.10. The first kappa shape index (κ1) is 15.6. The van der Waals surface area contributed by atoms with Crippen LogP contribution in [0.5, 0.6) is 11.5 Å². The van der Waals surface area contributed by atoms with Gasteiger partial charge in [-0.25, -0.2) is 0 Å². The minimum atomic E-state index is -0.185. The molecule has 1 rings (SSSR count). The van der Waals surface area contributed by atoms with Crippen LogP contribution in [0.25, 0.3) is 0 Å². The molecule has 19 heavy (non-hydrogen) atoms. The Bertz CT molecular complexity index is 412. The summed E-state index contributed by atoms with van der Waals surface area (Å²) < 4.78 is 15.4. The maximum Gasteiger partial charge on any atom is 0.251 e. The van der Waals surface area contributed by atoms with Gasteiger partial charge in [0.25, 0.3) is 5.91 Å². The third kappa shape index (κ3) is 4.96. The number of methoxy groups -OCH3 is 2. The van der Waals surface area contributed by atoms with Gasteiger partial charge in [0.1, 0.15) is 0 Å². The molecule has 0 spiro atoms. The molecule has 0 aliphatic rings. The molecule has 106 valence electrons. The summed E-state index contributed by atoms with van der Waals surface area (Å²) in [7, 11) is 3.07. The van der Waals surface area contributed by atoms with E-state index in [9.17, 15) is 4.79 Å². The molecule has 1 amide bonds. The van der Waals surface area contributed by atoms with Crippen LogP contribution in [0, 0.1) is 0 Å². The smallest absolute Gasteiger partial charge is 0.251 e.